The van der Waals surface area contributed by atoms with E-state index in [9.17, 15) is 0 Å². The summed E-state index contributed by atoms with van der Waals surface area (Å²) in [6, 6.07) is 26.4. The molecule has 0 aromatic heterocycles. The van der Waals surface area contributed by atoms with Gasteiger partial charge in [-0.3, -0.25) is 0 Å². The van der Waals surface area contributed by atoms with Crippen LogP contribution in [-0.4, -0.2) is 11.7 Å². The Labute approximate surface area is 148 Å². The molecule has 3 rings (SSSR count). The zero-order chi connectivity index (χ0) is 16.4. The number of aryl methyl sites for hydroxylation is 3. The van der Waals surface area contributed by atoms with Crippen molar-refractivity contribution in [2.75, 3.05) is 0 Å². The van der Waals surface area contributed by atoms with Crippen LogP contribution in [0.25, 0.3) is 0 Å². The molecule has 0 aliphatic carbocycles. The quantitative estimate of drug-likeness (QED) is 0.554. The molecule has 116 valence electrons. The molecule has 0 radical (unpaired) electrons. The van der Waals surface area contributed by atoms with Gasteiger partial charge in [0.2, 0.25) is 0 Å². The van der Waals surface area contributed by atoms with Crippen LogP contribution in [0, 0.1) is 20.8 Å². The van der Waals surface area contributed by atoms with Crippen LogP contribution in [0.3, 0.4) is 0 Å². The Kier molecular flexibility index (Phi) is 4.80. The Morgan fingerprint density at radius 1 is 0.522 bits per heavy atom. The van der Waals surface area contributed by atoms with Crippen molar-refractivity contribution < 1.29 is 0 Å². The first-order valence-electron chi connectivity index (χ1n) is 7.82. The molecule has 0 saturated heterocycles. The van der Waals surface area contributed by atoms with Gasteiger partial charge in [-0.05, 0) is 0 Å². The summed E-state index contributed by atoms with van der Waals surface area (Å²) in [6.45, 7) is 6.68. The molecule has 0 N–H and O–H groups in total. The molecule has 23 heavy (non-hydrogen) atoms. The molecule has 3 aromatic carbocycles. The Morgan fingerprint density at radius 2 is 0.783 bits per heavy atom. The fraction of sp³-hybridized carbons (Fsp3) is 0.143. The molecule has 3 aromatic rings. The summed E-state index contributed by atoms with van der Waals surface area (Å²) in [7, 11) is 0. The Morgan fingerprint density at radius 3 is 1.04 bits per heavy atom. The summed E-state index contributed by atoms with van der Waals surface area (Å²) < 4.78 is 4.40. The summed E-state index contributed by atoms with van der Waals surface area (Å²) in [4.78, 5) is 0. The Hall–Kier alpha value is -1.30. The van der Waals surface area contributed by atoms with Crippen molar-refractivity contribution in [1.29, 1.82) is 0 Å². The van der Waals surface area contributed by atoms with E-state index in [4.69, 9.17) is 0 Å². The van der Waals surface area contributed by atoms with Crippen LogP contribution >= 0.6 is 13.9 Å². The third-order valence-corrected chi connectivity index (χ3v) is 17.6. The molecule has 0 spiro atoms. The van der Waals surface area contributed by atoms with Gasteiger partial charge in [0.25, 0.3) is 0 Å². The van der Waals surface area contributed by atoms with E-state index in [0.717, 1.165) is 0 Å². The zero-order valence-corrected chi connectivity index (χ0v) is 17.2. The number of benzene rings is 3. The minimum atomic E-state index is -2.64. The van der Waals surface area contributed by atoms with Crippen LogP contribution in [-0.2, 0) is 0 Å². The molecule has 0 nitrogen and oxygen atoms in total. The Balaban J connectivity index is 2.38. The standard InChI is InChI=1S/C21H21AsBr/c1-16-10-4-7-13-19(16)22(23,20-14-8-5-11-17(20)2)21-15-9-6-12-18(21)3/h4-15H,1-3H3/q+1. The van der Waals surface area contributed by atoms with Gasteiger partial charge in [0, 0.05) is 0 Å². The average molecular weight is 428 g/mol. The van der Waals surface area contributed by atoms with E-state index in [1.807, 2.05) is 0 Å². The van der Waals surface area contributed by atoms with Gasteiger partial charge in [-0.1, -0.05) is 0 Å². The van der Waals surface area contributed by atoms with Gasteiger partial charge in [-0.15, -0.1) is 0 Å². The van der Waals surface area contributed by atoms with Crippen LogP contribution in [0.2, 0.25) is 0 Å². The van der Waals surface area contributed by atoms with Gasteiger partial charge in [0.1, 0.15) is 0 Å². The van der Waals surface area contributed by atoms with Crippen molar-refractivity contribution in [3.05, 3.63) is 89.5 Å². The van der Waals surface area contributed by atoms with Crippen molar-refractivity contribution in [2.24, 2.45) is 0 Å². The molecule has 0 aliphatic rings. The van der Waals surface area contributed by atoms with Crippen LogP contribution in [0.5, 0.6) is 0 Å². The fourth-order valence-electron chi connectivity index (χ4n) is 3.12. The first-order chi connectivity index (χ1) is 11.0. The molecule has 0 bridgehead atoms. The van der Waals surface area contributed by atoms with Crippen LogP contribution < -0.4 is 13.1 Å². The van der Waals surface area contributed by atoms with Gasteiger partial charge in [-0.2, -0.15) is 0 Å². The predicted octanol–water partition coefficient (Wildman–Crippen LogP) is 3.97. The first-order valence-corrected chi connectivity index (χ1v) is 15.0. The van der Waals surface area contributed by atoms with Crippen LogP contribution in [0.4, 0.5) is 0 Å². The molecule has 0 atom stereocenters. The maximum absolute atomic E-state index is 4.33. The van der Waals surface area contributed by atoms with Crippen molar-refractivity contribution in [2.45, 2.75) is 20.8 Å². The maximum atomic E-state index is 4.33. The van der Waals surface area contributed by atoms with E-state index < -0.39 is 11.7 Å². The normalized spacial score (nSPS) is 11.5. The fourth-order valence-corrected chi connectivity index (χ4v) is 16.3. The summed E-state index contributed by atoms with van der Waals surface area (Å²) in [5.74, 6) is 0. The van der Waals surface area contributed by atoms with E-state index >= 15 is 0 Å². The Bertz CT molecular complexity index is 728. The van der Waals surface area contributed by atoms with E-state index in [1.165, 1.54) is 29.7 Å². The van der Waals surface area contributed by atoms with Gasteiger partial charge in [0.15, 0.2) is 0 Å². The minimum absolute atomic E-state index is 1.36. The van der Waals surface area contributed by atoms with Gasteiger partial charge in [0.05, 0.1) is 0 Å². The second-order valence-electron chi connectivity index (χ2n) is 5.95. The molecular formula is C21H21AsBr+. The predicted molar refractivity (Wildman–Crippen MR) is 107 cm³/mol. The summed E-state index contributed by atoms with van der Waals surface area (Å²) in [5, 5.41) is 0. The van der Waals surface area contributed by atoms with E-state index in [2.05, 4.69) is 108 Å². The molecule has 0 fully saturated rings. The van der Waals surface area contributed by atoms with Gasteiger partial charge in [-0.25, -0.2) is 0 Å². The molecule has 2 heteroatoms. The van der Waals surface area contributed by atoms with Crippen molar-refractivity contribution in [3.63, 3.8) is 0 Å². The second-order valence-corrected chi connectivity index (χ2v) is 17.0. The van der Waals surface area contributed by atoms with Gasteiger partial charge < -0.3 is 0 Å². The second kappa shape index (κ2) is 6.67. The summed E-state index contributed by atoms with van der Waals surface area (Å²) in [6.07, 6.45) is 0. The van der Waals surface area contributed by atoms with Crippen molar-refractivity contribution >= 4 is 38.7 Å². The summed E-state index contributed by atoms with van der Waals surface area (Å²) >= 11 is 1.69. The van der Waals surface area contributed by atoms with E-state index in [0.29, 0.717) is 0 Å². The number of halogens is 1. The van der Waals surface area contributed by atoms with E-state index in [-0.39, 0.29) is 0 Å². The SMILES string of the molecule is Cc1ccccc1[As+](Br)(c1ccccc1C)c1ccccc1C. The molecule has 0 heterocycles. The van der Waals surface area contributed by atoms with E-state index in [1.54, 1.807) is 0 Å². The molecular weight excluding hydrogens is 407 g/mol. The zero-order valence-electron chi connectivity index (χ0n) is 13.8. The number of hydrogen-bond acceptors (Lipinski definition) is 0. The topological polar surface area (TPSA) is 0 Å². The van der Waals surface area contributed by atoms with Crippen LogP contribution in [0.1, 0.15) is 16.7 Å². The van der Waals surface area contributed by atoms with Crippen molar-refractivity contribution in [1.82, 2.24) is 0 Å². The molecule has 0 aliphatic heterocycles. The molecule has 0 saturated carbocycles. The molecule has 0 unspecified atom stereocenters. The first kappa shape index (κ1) is 16.6. The average Bonchev–Trinajstić information content (AvgIpc) is 2.55. The summed E-state index contributed by atoms with van der Waals surface area (Å²) in [5.41, 5.74) is 4.09. The van der Waals surface area contributed by atoms with Gasteiger partial charge >= 0.3 is 149 Å². The monoisotopic (exact) mass is 427 g/mol. The van der Waals surface area contributed by atoms with Crippen LogP contribution in [0.15, 0.2) is 72.8 Å². The number of rotatable bonds is 3. The third-order valence-electron chi connectivity index (χ3n) is 4.34. The van der Waals surface area contributed by atoms with Crippen molar-refractivity contribution in [3.8, 4) is 0 Å². The third kappa shape index (κ3) is 2.93. The number of hydrogen-bond donors (Lipinski definition) is 0. The molecule has 0 amide bonds.